The van der Waals surface area contributed by atoms with Crippen molar-refractivity contribution in [3.63, 3.8) is 0 Å². The Labute approximate surface area is 124 Å². The first kappa shape index (κ1) is 13.5. The van der Waals surface area contributed by atoms with Crippen LogP contribution in [0, 0.1) is 3.57 Å². The number of hydrogen-bond acceptors (Lipinski definition) is 2. The highest BCUT2D eigenvalue weighted by atomic mass is 127. The molecule has 17 heavy (non-hydrogen) atoms. The number of benzene rings is 1. The first-order valence-corrected chi connectivity index (χ1v) is 8.39. The van der Waals surface area contributed by atoms with Crippen LogP contribution in [0.3, 0.4) is 0 Å². The van der Waals surface area contributed by atoms with Gasteiger partial charge in [0.05, 0.1) is 16.9 Å². The molecule has 0 aliphatic heterocycles. The summed E-state index contributed by atoms with van der Waals surface area (Å²) in [5.74, 6) is 2.50. The largest absolute Gasteiger partial charge is 0.323 e. The third-order valence-electron chi connectivity index (χ3n) is 2.69. The van der Waals surface area contributed by atoms with Crippen molar-refractivity contribution < 1.29 is 0 Å². The van der Waals surface area contributed by atoms with Crippen LogP contribution >= 0.6 is 46.0 Å². The Bertz CT molecular complexity index is 526. The Morgan fingerprint density at radius 3 is 2.94 bits per heavy atom. The number of aromatic nitrogens is 2. The average molecular weight is 381 g/mol. The van der Waals surface area contributed by atoms with Gasteiger partial charge in [0.25, 0.3) is 0 Å². The number of thioether (sulfide) groups is 1. The molecule has 0 saturated heterocycles. The van der Waals surface area contributed by atoms with Crippen LogP contribution in [-0.4, -0.2) is 21.6 Å². The van der Waals surface area contributed by atoms with E-state index in [2.05, 4.69) is 63.5 Å². The monoisotopic (exact) mass is 380 g/mol. The average Bonchev–Trinajstić information content (AvgIpc) is 2.66. The maximum absolute atomic E-state index is 6.00. The molecule has 0 amide bonds. The molecule has 1 aromatic heterocycles. The van der Waals surface area contributed by atoms with E-state index in [1.165, 1.54) is 9.09 Å². The van der Waals surface area contributed by atoms with Crippen molar-refractivity contribution >= 4 is 57.0 Å². The van der Waals surface area contributed by atoms with E-state index in [4.69, 9.17) is 11.6 Å². The van der Waals surface area contributed by atoms with Gasteiger partial charge in [-0.05, 0) is 54.0 Å². The summed E-state index contributed by atoms with van der Waals surface area (Å²) in [4.78, 5) is 4.61. The molecule has 2 aromatic rings. The fourth-order valence-electron chi connectivity index (χ4n) is 2.02. The Hall–Kier alpha value is 0.0600. The summed E-state index contributed by atoms with van der Waals surface area (Å²) in [6.45, 7) is 2.21. The minimum Gasteiger partial charge on any atom is -0.323 e. The lowest BCUT2D eigenvalue weighted by Crippen LogP contribution is -2.10. The van der Waals surface area contributed by atoms with Gasteiger partial charge in [0.2, 0.25) is 0 Å². The fourth-order valence-corrected chi connectivity index (χ4v) is 3.32. The second-order valence-electron chi connectivity index (χ2n) is 3.97. The molecule has 0 spiro atoms. The molecule has 0 bridgehead atoms. The number of rotatable bonds is 4. The summed E-state index contributed by atoms with van der Waals surface area (Å²) in [5, 5.41) is 0. The molecule has 0 fully saturated rings. The Morgan fingerprint density at radius 1 is 1.53 bits per heavy atom. The van der Waals surface area contributed by atoms with Gasteiger partial charge in [0, 0.05) is 15.4 Å². The van der Waals surface area contributed by atoms with E-state index in [0.717, 1.165) is 17.1 Å². The van der Waals surface area contributed by atoms with Gasteiger partial charge in [0.15, 0.2) is 0 Å². The van der Waals surface area contributed by atoms with Crippen molar-refractivity contribution in [1.82, 2.24) is 9.55 Å². The summed E-state index contributed by atoms with van der Waals surface area (Å²) >= 11 is 10.1. The van der Waals surface area contributed by atoms with Crippen molar-refractivity contribution in [2.24, 2.45) is 0 Å². The number of imidazole rings is 1. The molecule has 0 aliphatic rings. The second-order valence-corrected chi connectivity index (χ2v) is 6.39. The molecule has 5 heteroatoms. The lowest BCUT2D eigenvalue weighted by Gasteiger charge is -2.15. The van der Waals surface area contributed by atoms with E-state index < -0.39 is 0 Å². The molecule has 2 rings (SSSR count). The number of hydrogen-bond donors (Lipinski definition) is 0. The quantitative estimate of drug-likeness (QED) is 0.581. The van der Waals surface area contributed by atoms with Crippen LogP contribution in [0.15, 0.2) is 18.2 Å². The molecule has 0 radical (unpaired) electrons. The molecule has 0 aliphatic carbocycles. The molecule has 0 saturated carbocycles. The van der Waals surface area contributed by atoms with E-state index in [9.17, 15) is 0 Å². The van der Waals surface area contributed by atoms with Crippen LogP contribution in [0.4, 0.5) is 0 Å². The first-order valence-electron chi connectivity index (χ1n) is 5.38. The van der Waals surface area contributed by atoms with Crippen LogP contribution in [0.2, 0.25) is 0 Å². The van der Waals surface area contributed by atoms with Gasteiger partial charge >= 0.3 is 0 Å². The van der Waals surface area contributed by atoms with Crippen molar-refractivity contribution in [1.29, 1.82) is 0 Å². The van der Waals surface area contributed by atoms with Crippen LogP contribution in [0.1, 0.15) is 18.8 Å². The Kier molecular flexibility index (Phi) is 4.60. The maximum atomic E-state index is 6.00. The van der Waals surface area contributed by atoms with E-state index in [-0.39, 0.29) is 0 Å². The Balaban J connectivity index is 2.58. The predicted molar refractivity (Wildman–Crippen MR) is 85.1 cm³/mol. The van der Waals surface area contributed by atoms with Crippen molar-refractivity contribution in [3.05, 3.63) is 27.6 Å². The minimum absolute atomic E-state index is 0.420. The topological polar surface area (TPSA) is 17.8 Å². The second kappa shape index (κ2) is 5.80. The molecule has 92 valence electrons. The van der Waals surface area contributed by atoms with Gasteiger partial charge in [-0.3, -0.25) is 0 Å². The van der Waals surface area contributed by atoms with Crippen LogP contribution in [0.25, 0.3) is 11.0 Å². The van der Waals surface area contributed by atoms with Crippen molar-refractivity contribution in [2.75, 3.05) is 12.0 Å². The zero-order chi connectivity index (χ0) is 12.4. The molecule has 0 N–H and O–H groups in total. The zero-order valence-corrected chi connectivity index (χ0v) is 13.5. The first-order chi connectivity index (χ1) is 8.17. The summed E-state index contributed by atoms with van der Waals surface area (Å²) in [6.07, 6.45) is 2.12. The van der Waals surface area contributed by atoms with E-state index in [1.807, 2.05) is 11.8 Å². The van der Waals surface area contributed by atoms with Gasteiger partial charge in [-0.1, -0.05) is 0 Å². The zero-order valence-electron chi connectivity index (χ0n) is 9.78. The van der Waals surface area contributed by atoms with E-state index in [1.54, 1.807) is 0 Å². The van der Waals surface area contributed by atoms with Crippen molar-refractivity contribution in [2.45, 2.75) is 18.8 Å². The van der Waals surface area contributed by atoms with Gasteiger partial charge in [-0.15, -0.1) is 11.6 Å². The lowest BCUT2D eigenvalue weighted by atomic mass is 10.3. The third kappa shape index (κ3) is 2.74. The normalized spacial score (nSPS) is 13.2. The SMILES string of the molecule is CSCC(C)n1c(CCl)nc2cc(I)ccc21. The number of alkyl halides is 1. The molecule has 2 nitrogen and oxygen atoms in total. The third-order valence-corrected chi connectivity index (χ3v) is 4.42. The molecule has 1 aromatic carbocycles. The van der Waals surface area contributed by atoms with Crippen LogP contribution in [-0.2, 0) is 5.88 Å². The lowest BCUT2D eigenvalue weighted by molar-refractivity contribution is 0.606. The highest BCUT2D eigenvalue weighted by Gasteiger charge is 2.14. The fraction of sp³-hybridized carbons (Fsp3) is 0.417. The number of nitrogens with zero attached hydrogens (tertiary/aromatic N) is 2. The molecular formula is C12H14ClIN2S. The summed E-state index contributed by atoms with van der Waals surface area (Å²) in [7, 11) is 0. The summed E-state index contributed by atoms with van der Waals surface area (Å²) < 4.78 is 3.47. The minimum atomic E-state index is 0.420. The molecular weight excluding hydrogens is 367 g/mol. The summed E-state index contributed by atoms with van der Waals surface area (Å²) in [6, 6.07) is 6.78. The number of halogens is 2. The van der Waals surface area contributed by atoms with E-state index in [0.29, 0.717) is 11.9 Å². The number of fused-ring (bicyclic) bond motifs is 1. The predicted octanol–water partition coefficient (Wildman–Crippen LogP) is 4.30. The van der Waals surface area contributed by atoms with E-state index >= 15 is 0 Å². The van der Waals surface area contributed by atoms with Crippen LogP contribution in [0.5, 0.6) is 0 Å². The maximum Gasteiger partial charge on any atom is 0.125 e. The standard InChI is InChI=1S/C12H14ClIN2S/c1-8(7-17-2)16-11-4-3-9(14)5-10(11)15-12(16)6-13/h3-5,8H,6-7H2,1-2H3. The van der Waals surface area contributed by atoms with Crippen molar-refractivity contribution in [3.8, 4) is 0 Å². The van der Waals surface area contributed by atoms with Gasteiger partial charge in [-0.25, -0.2) is 4.98 Å². The summed E-state index contributed by atoms with van der Waals surface area (Å²) in [5.41, 5.74) is 2.23. The van der Waals surface area contributed by atoms with Gasteiger partial charge < -0.3 is 4.57 Å². The van der Waals surface area contributed by atoms with Gasteiger partial charge in [0.1, 0.15) is 5.82 Å². The highest BCUT2D eigenvalue weighted by Crippen LogP contribution is 2.25. The Morgan fingerprint density at radius 2 is 2.29 bits per heavy atom. The highest BCUT2D eigenvalue weighted by molar-refractivity contribution is 14.1. The molecule has 1 atom stereocenters. The van der Waals surface area contributed by atoms with Gasteiger partial charge in [-0.2, -0.15) is 11.8 Å². The molecule has 1 unspecified atom stereocenters. The smallest absolute Gasteiger partial charge is 0.125 e. The molecule has 1 heterocycles. The van der Waals surface area contributed by atoms with Crippen LogP contribution < -0.4 is 0 Å².